The second-order valence-corrected chi connectivity index (χ2v) is 3.52. The summed E-state index contributed by atoms with van der Waals surface area (Å²) in [6.45, 7) is 9.44. The zero-order valence-electron chi connectivity index (χ0n) is 12.2. The van der Waals surface area contributed by atoms with Crippen molar-refractivity contribution in [2.24, 2.45) is 0 Å². The van der Waals surface area contributed by atoms with E-state index in [1.807, 2.05) is 27.7 Å². The molecule has 20 heavy (non-hydrogen) atoms. The largest absolute Gasteiger partial charge is 0.399 e. The average molecular weight is 289 g/mol. The number of benzene rings is 2. The van der Waals surface area contributed by atoms with Crippen molar-refractivity contribution in [2.75, 3.05) is 5.73 Å². The molecule has 0 aromatic heterocycles. The third kappa shape index (κ3) is 3.21. The minimum atomic E-state index is -1.82. The van der Waals surface area contributed by atoms with Crippen molar-refractivity contribution in [3.8, 4) is 0 Å². The smallest absolute Gasteiger partial charge is 0.198 e. The average Bonchev–Trinajstić information content (AvgIpc) is 2.46. The van der Waals surface area contributed by atoms with Gasteiger partial charge in [-0.2, -0.15) is 0 Å². The van der Waals surface area contributed by atoms with Gasteiger partial charge in [-0.05, 0) is 24.6 Å². The minimum Gasteiger partial charge on any atom is -0.399 e. The van der Waals surface area contributed by atoms with Crippen LogP contribution in [0.5, 0.6) is 0 Å². The molecule has 0 radical (unpaired) electrons. The Morgan fingerprint density at radius 2 is 1.20 bits per heavy atom. The van der Waals surface area contributed by atoms with Crippen molar-refractivity contribution < 1.29 is 17.6 Å². The second-order valence-electron chi connectivity index (χ2n) is 3.52. The summed E-state index contributed by atoms with van der Waals surface area (Å²) in [5, 5.41) is -0.639. The summed E-state index contributed by atoms with van der Waals surface area (Å²) in [6.07, 6.45) is 0. The molecular weight excluding hydrogens is 270 g/mol. The van der Waals surface area contributed by atoms with E-state index >= 15 is 0 Å². The molecule has 0 amide bonds. The Kier molecular flexibility index (Phi) is 7.04. The fourth-order valence-corrected chi connectivity index (χ4v) is 1.70. The van der Waals surface area contributed by atoms with Gasteiger partial charge < -0.3 is 5.73 Å². The van der Waals surface area contributed by atoms with Crippen LogP contribution in [0.15, 0.2) is 12.1 Å². The van der Waals surface area contributed by atoms with E-state index in [4.69, 9.17) is 5.73 Å². The van der Waals surface area contributed by atoms with Crippen LogP contribution in [0.2, 0.25) is 0 Å². The number of hydrogen-bond acceptors (Lipinski definition) is 1. The van der Waals surface area contributed by atoms with Crippen molar-refractivity contribution in [1.29, 1.82) is 0 Å². The molecule has 2 aromatic carbocycles. The van der Waals surface area contributed by atoms with Crippen molar-refractivity contribution in [2.45, 2.75) is 34.6 Å². The van der Waals surface area contributed by atoms with Gasteiger partial charge in [0.15, 0.2) is 23.3 Å². The zero-order valence-corrected chi connectivity index (χ0v) is 12.2. The van der Waals surface area contributed by atoms with Crippen LogP contribution in [0.1, 0.15) is 33.3 Å². The quantitative estimate of drug-likeness (QED) is 0.301. The molecule has 0 spiro atoms. The van der Waals surface area contributed by atoms with Crippen LogP contribution in [0.4, 0.5) is 23.2 Å². The molecule has 0 saturated carbocycles. The molecule has 0 heterocycles. The van der Waals surface area contributed by atoms with Gasteiger partial charge in [0.1, 0.15) is 0 Å². The second kappa shape index (κ2) is 7.72. The third-order valence-corrected chi connectivity index (χ3v) is 2.39. The van der Waals surface area contributed by atoms with Gasteiger partial charge in [-0.1, -0.05) is 27.7 Å². The van der Waals surface area contributed by atoms with Crippen LogP contribution in [0, 0.1) is 30.2 Å². The molecule has 0 bridgehead atoms. The van der Waals surface area contributed by atoms with Gasteiger partial charge in [0.25, 0.3) is 0 Å². The molecule has 0 fully saturated rings. The normalized spacial score (nSPS) is 9.45. The van der Waals surface area contributed by atoms with Crippen LogP contribution >= 0.6 is 0 Å². The summed E-state index contributed by atoms with van der Waals surface area (Å²) in [6, 6.07) is 2.44. The lowest BCUT2D eigenvalue weighted by Gasteiger charge is -2.08. The number of halogens is 4. The monoisotopic (exact) mass is 289 g/mol. The van der Waals surface area contributed by atoms with E-state index in [0.29, 0.717) is 0 Å². The van der Waals surface area contributed by atoms with E-state index in [2.05, 4.69) is 0 Å². The molecule has 5 heteroatoms. The Balaban J connectivity index is 0.000000829. The van der Waals surface area contributed by atoms with Crippen molar-refractivity contribution in [1.82, 2.24) is 0 Å². The highest BCUT2D eigenvalue weighted by molar-refractivity contribution is 5.89. The molecule has 0 aliphatic heterocycles. The number of hydrogen-bond donors (Lipinski definition) is 1. The maximum Gasteiger partial charge on any atom is 0.198 e. The Morgan fingerprint density at radius 1 is 0.750 bits per heavy atom. The van der Waals surface area contributed by atoms with Gasteiger partial charge in [0.2, 0.25) is 0 Å². The lowest BCUT2D eigenvalue weighted by molar-refractivity contribution is 0.418. The Labute approximate surface area is 116 Å². The van der Waals surface area contributed by atoms with Gasteiger partial charge in [-0.25, -0.2) is 17.6 Å². The number of nitrogens with two attached hydrogens (primary N) is 1. The summed E-state index contributed by atoms with van der Waals surface area (Å²) >= 11 is 0. The predicted octanol–water partition coefficient (Wildman–Crippen LogP) is 5.34. The lowest BCUT2D eigenvalue weighted by atomic mass is 10.0. The molecular formula is C15H19F4N. The van der Waals surface area contributed by atoms with Crippen LogP contribution in [-0.2, 0) is 0 Å². The van der Waals surface area contributed by atoms with Crippen LogP contribution in [-0.4, -0.2) is 0 Å². The topological polar surface area (TPSA) is 26.0 Å². The van der Waals surface area contributed by atoms with Gasteiger partial charge >= 0.3 is 0 Å². The third-order valence-electron chi connectivity index (χ3n) is 2.39. The first-order valence-corrected chi connectivity index (χ1v) is 6.45. The molecule has 0 unspecified atom stereocenters. The van der Waals surface area contributed by atoms with Crippen LogP contribution < -0.4 is 5.73 Å². The first-order chi connectivity index (χ1) is 9.43. The van der Waals surface area contributed by atoms with Crippen molar-refractivity contribution in [3.63, 3.8) is 0 Å². The minimum absolute atomic E-state index is 0.161. The lowest BCUT2D eigenvalue weighted by Crippen LogP contribution is -2.00. The molecule has 1 nitrogen and oxygen atoms in total. The van der Waals surface area contributed by atoms with E-state index in [1.54, 1.807) is 0 Å². The number of anilines is 1. The number of nitrogen functional groups attached to an aromatic ring is 1. The van der Waals surface area contributed by atoms with Gasteiger partial charge in [-0.15, -0.1) is 0 Å². The summed E-state index contributed by atoms with van der Waals surface area (Å²) in [5.41, 5.74) is 5.84. The summed E-state index contributed by atoms with van der Waals surface area (Å²) in [7, 11) is 0. The van der Waals surface area contributed by atoms with Crippen molar-refractivity contribution in [3.05, 3.63) is 41.0 Å². The maximum absolute atomic E-state index is 13.4. The first-order valence-electron chi connectivity index (χ1n) is 6.45. The van der Waals surface area contributed by atoms with Gasteiger partial charge in [0, 0.05) is 16.5 Å². The summed E-state index contributed by atoms with van der Waals surface area (Å²) in [4.78, 5) is 0. The van der Waals surface area contributed by atoms with Crippen LogP contribution in [0.25, 0.3) is 10.8 Å². The molecule has 0 atom stereocenters. The number of rotatable bonds is 0. The Morgan fingerprint density at radius 3 is 1.70 bits per heavy atom. The number of fused-ring (bicyclic) bond motifs is 1. The fraction of sp³-hybridized carbons (Fsp3) is 0.333. The SMILES string of the molecule is CC.CC.Cc1cc(N)cc2c(F)c(F)c(F)c(F)c12. The first kappa shape index (κ1) is 18.2. The number of aryl methyl sites for hydroxylation is 1. The van der Waals surface area contributed by atoms with Gasteiger partial charge in [-0.3, -0.25) is 0 Å². The molecule has 0 aliphatic carbocycles. The van der Waals surface area contributed by atoms with E-state index in [-0.39, 0.29) is 22.0 Å². The zero-order chi connectivity index (χ0) is 16.0. The summed E-state index contributed by atoms with van der Waals surface area (Å²) in [5.74, 6) is -6.46. The molecule has 112 valence electrons. The highest BCUT2D eigenvalue weighted by Crippen LogP contribution is 2.30. The van der Waals surface area contributed by atoms with E-state index in [9.17, 15) is 17.6 Å². The Hall–Kier alpha value is -1.78. The fourth-order valence-electron chi connectivity index (χ4n) is 1.70. The molecule has 2 aromatic rings. The maximum atomic E-state index is 13.4. The molecule has 2 rings (SSSR count). The van der Waals surface area contributed by atoms with Crippen LogP contribution in [0.3, 0.4) is 0 Å². The van der Waals surface area contributed by atoms with E-state index in [0.717, 1.165) is 6.07 Å². The highest BCUT2D eigenvalue weighted by atomic mass is 19.2. The molecule has 0 aliphatic rings. The van der Waals surface area contributed by atoms with Crippen molar-refractivity contribution >= 4 is 16.5 Å². The molecule has 0 saturated heterocycles. The highest BCUT2D eigenvalue weighted by Gasteiger charge is 2.21. The van der Waals surface area contributed by atoms with Gasteiger partial charge in [0.05, 0.1) is 0 Å². The summed E-state index contributed by atoms with van der Waals surface area (Å²) < 4.78 is 52.7. The van der Waals surface area contributed by atoms with E-state index < -0.39 is 23.3 Å². The Bertz CT molecular complexity index is 594. The van der Waals surface area contributed by atoms with E-state index in [1.165, 1.54) is 13.0 Å². The predicted molar refractivity (Wildman–Crippen MR) is 75.6 cm³/mol. The molecule has 2 N–H and O–H groups in total. The standard InChI is InChI=1S/C11H7F4N.2C2H6/c1-4-2-5(16)3-6-7(4)9(13)11(15)10(14)8(6)12;2*1-2/h2-3H,16H2,1H3;2*1-2H3.